The molecule has 4 N–H and O–H groups in total. The molecule has 0 radical (unpaired) electrons. The number of aryl methyl sites for hydroxylation is 2. The second-order valence-corrected chi connectivity index (χ2v) is 4.03. The average molecular weight is 287 g/mol. The molecule has 0 unspecified atom stereocenters. The van der Waals surface area contributed by atoms with E-state index in [-0.39, 0.29) is 11.6 Å². The Bertz CT molecular complexity index is 620. The van der Waals surface area contributed by atoms with Crippen LogP contribution in [0.15, 0.2) is 12.3 Å². The Morgan fingerprint density at radius 2 is 1.90 bits per heavy atom. The molecule has 0 fully saturated rings. The molecule has 2 aromatic heterocycles. The molecular formula is C10H12F3N7. The van der Waals surface area contributed by atoms with Gasteiger partial charge in [0.15, 0.2) is 0 Å². The molecule has 10 heteroatoms. The SMILES string of the molecule is Cc1nn(C)cc1Nc1cc(NN)nc(C(F)(F)F)n1. The molecule has 108 valence electrons. The lowest BCUT2D eigenvalue weighted by Crippen LogP contribution is -2.16. The molecule has 0 saturated carbocycles. The summed E-state index contributed by atoms with van der Waals surface area (Å²) in [4.78, 5) is 6.68. The van der Waals surface area contributed by atoms with Gasteiger partial charge in [-0.15, -0.1) is 0 Å². The molecule has 2 rings (SSSR count). The van der Waals surface area contributed by atoms with E-state index < -0.39 is 12.0 Å². The Labute approximate surface area is 112 Å². The zero-order chi connectivity index (χ0) is 14.9. The number of hydrogen-bond acceptors (Lipinski definition) is 6. The van der Waals surface area contributed by atoms with E-state index in [9.17, 15) is 13.2 Å². The van der Waals surface area contributed by atoms with E-state index in [2.05, 4.69) is 25.8 Å². The van der Waals surface area contributed by atoms with Crippen LogP contribution in [0.1, 0.15) is 11.5 Å². The highest BCUT2D eigenvalue weighted by molar-refractivity contribution is 5.60. The van der Waals surface area contributed by atoms with Crippen LogP contribution in [0.3, 0.4) is 0 Å². The van der Waals surface area contributed by atoms with Crippen molar-refractivity contribution in [2.75, 3.05) is 10.7 Å². The maximum Gasteiger partial charge on any atom is 0.451 e. The van der Waals surface area contributed by atoms with Crippen molar-refractivity contribution in [3.05, 3.63) is 23.8 Å². The van der Waals surface area contributed by atoms with Crippen LogP contribution in [0, 0.1) is 6.92 Å². The number of anilines is 3. The van der Waals surface area contributed by atoms with Gasteiger partial charge in [-0.2, -0.15) is 18.3 Å². The Morgan fingerprint density at radius 3 is 2.40 bits per heavy atom. The number of nitrogens with two attached hydrogens (primary N) is 1. The zero-order valence-electron chi connectivity index (χ0n) is 10.7. The zero-order valence-corrected chi connectivity index (χ0v) is 10.7. The van der Waals surface area contributed by atoms with E-state index in [1.54, 1.807) is 20.2 Å². The summed E-state index contributed by atoms with van der Waals surface area (Å²) in [5.41, 5.74) is 3.24. The van der Waals surface area contributed by atoms with Crippen LogP contribution in [0.25, 0.3) is 0 Å². The van der Waals surface area contributed by atoms with Crippen molar-refractivity contribution in [2.45, 2.75) is 13.1 Å². The predicted molar refractivity (Wildman–Crippen MR) is 66.1 cm³/mol. The largest absolute Gasteiger partial charge is 0.451 e. The summed E-state index contributed by atoms with van der Waals surface area (Å²) in [5.74, 6) is 3.65. The summed E-state index contributed by atoms with van der Waals surface area (Å²) in [5, 5.41) is 6.82. The molecule has 0 spiro atoms. The van der Waals surface area contributed by atoms with Crippen LogP contribution in [0.2, 0.25) is 0 Å². The first kappa shape index (κ1) is 14.1. The monoisotopic (exact) mass is 287 g/mol. The summed E-state index contributed by atoms with van der Waals surface area (Å²) in [7, 11) is 1.70. The number of nitrogens with zero attached hydrogens (tertiary/aromatic N) is 4. The molecule has 0 aliphatic heterocycles. The molecule has 2 aromatic rings. The highest BCUT2D eigenvalue weighted by Crippen LogP contribution is 2.29. The minimum atomic E-state index is -4.66. The molecular weight excluding hydrogens is 275 g/mol. The summed E-state index contributed by atoms with van der Waals surface area (Å²) in [6, 6.07) is 1.27. The number of alkyl halides is 3. The molecule has 7 nitrogen and oxygen atoms in total. The number of hydrazine groups is 1. The average Bonchev–Trinajstić information content (AvgIpc) is 2.66. The third-order valence-electron chi connectivity index (χ3n) is 2.40. The van der Waals surface area contributed by atoms with Gasteiger partial charge in [0.25, 0.3) is 0 Å². The lowest BCUT2D eigenvalue weighted by atomic mass is 10.4. The smallest absolute Gasteiger partial charge is 0.337 e. The van der Waals surface area contributed by atoms with Crippen LogP contribution >= 0.6 is 0 Å². The van der Waals surface area contributed by atoms with Crippen LogP contribution in [0.4, 0.5) is 30.5 Å². The van der Waals surface area contributed by atoms with Crippen LogP contribution in [-0.4, -0.2) is 19.7 Å². The predicted octanol–water partition coefficient (Wildman–Crippen LogP) is 1.57. The summed E-state index contributed by atoms with van der Waals surface area (Å²) in [6.45, 7) is 1.72. The molecule has 0 atom stereocenters. The van der Waals surface area contributed by atoms with Crippen LogP contribution in [-0.2, 0) is 13.2 Å². The standard InChI is InChI=1S/C10H12F3N7/c1-5-6(4-20(2)19-5)15-7-3-8(18-14)17-9(16-7)10(11,12)13/h3-4H,14H2,1-2H3,(H2,15,16,17,18). The molecule has 2 heterocycles. The Balaban J connectivity index is 2.38. The number of nitrogen functional groups attached to an aromatic ring is 1. The molecule has 0 aliphatic carbocycles. The van der Waals surface area contributed by atoms with E-state index in [0.717, 1.165) is 0 Å². The number of aromatic nitrogens is 4. The van der Waals surface area contributed by atoms with Gasteiger partial charge in [0.05, 0.1) is 11.4 Å². The first-order valence-electron chi connectivity index (χ1n) is 5.50. The van der Waals surface area contributed by atoms with Gasteiger partial charge in [-0.05, 0) is 6.92 Å². The van der Waals surface area contributed by atoms with Gasteiger partial charge < -0.3 is 10.7 Å². The summed E-state index contributed by atoms with van der Waals surface area (Å²) >= 11 is 0. The first-order valence-corrected chi connectivity index (χ1v) is 5.50. The first-order chi connectivity index (χ1) is 9.29. The van der Waals surface area contributed by atoms with E-state index in [1.165, 1.54) is 10.7 Å². The number of rotatable bonds is 3. The third kappa shape index (κ3) is 2.96. The number of halogens is 3. The van der Waals surface area contributed by atoms with E-state index in [1.807, 2.05) is 0 Å². The lowest BCUT2D eigenvalue weighted by Gasteiger charge is -2.10. The van der Waals surface area contributed by atoms with Crippen molar-refractivity contribution in [1.82, 2.24) is 19.7 Å². The van der Waals surface area contributed by atoms with Gasteiger partial charge in [-0.3, -0.25) is 4.68 Å². The molecule has 0 aliphatic rings. The molecule has 20 heavy (non-hydrogen) atoms. The van der Waals surface area contributed by atoms with Gasteiger partial charge in [0, 0.05) is 19.3 Å². The van der Waals surface area contributed by atoms with E-state index in [0.29, 0.717) is 11.4 Å². The van der Waals surface area contributed by atoms with E-state index in [4.69, 9.17) is 5.84 Å². The summed E-state index contributed by atoms with van der Waals surface area (Å²) in [6.07, 6.45) is -3.03. The topological polar surface area (TPSA) is 93.7 Å². The molecule has 0 bridgehead atoms. The quantitative estimate of drug-likeness (QED) is 0.586. The molecule has 0 saturated heterocycles. The van der Waals surface area contributed by atoms with Gasteiger partial charge in [0.1, 0.15) is 11.6 Å². The minimum absolute atomic E-state index is 0.0311. The third-order valence-corrected chi connectivity index (χ3v) is 2.40. The van der Waals surface area contributed by atoms with Crippen molar-refractivity contribution >= 4 is 17.3 Å². The Hall–Kier alpha value is -2.36. The molecule has 0 aromatic carbocycles. The van der Waals surface area contributed by atoms with E-state index >= 15 is 0 Å². The molecule has 0 amide bonds. The normalized spacial score (nSPS) is 11.5. The Kier molecular flexibility index (Phi) is 3.49. The second kappa shape index (κ2) is 4.96. The highest BCUT2D eigenvalue weighted by Gasteiger charge is 2.35. The fourth-order valence-electron chi connectivity index (χ4n) is 1.57. The highest BCUT2D eigenvalue weighted by atomic mass is 19.4. The van der Waals surface area contributed by atoms with Gasteiger partial charge in [-0.25, -0.2) is 15.8 Å². The minimum Gasteiger partial charge on any atom is -0.337 e. The van der Waals surface area contributed by atoms with Crippen LogP contribution < -0.4 is 16.6 Å². The van der Waals surface area contributed by atoms with Gasteiger partial charge in [0.2, 0.25) is 5.82 Å². The van der Waals surface area contributed by atoms with Crippen molar-refractivity contribution in [1.29, 1.82) is 0 Å². The number of hydrogen-bond donors (Lipinski definition) is 3. The van der Waals surface area contributed by atoms with Crippen LogP contribution in [0.5, 0.6) is 0 Å². The second-order valence-electron chi connectivity index (χ2n) is 4.03. The fraction of sp³-hybridized carbons (Fsp3) is 0.300. The van der Waals surface area contributed by atoms with Crippen molar-refractivity contribution in [2.24, 2.45) is 12.9 Å². The number of nitrogens with one attached hydrogen (secondary N) is 2. The fourth-order valence-corrected chi connectivity index (χ4v) is 1.57. The maximum absolute atomic E-state index is 12.7. The van der Waals surface area contributed by atoms with Crippen molar-refractivity contribution in [3.8, 4) is 0 Å². The van der Waals surface area contributed by atoms with Gasteiger partial charge in [-0.1, -0.05) is 0 Å². The summed E-state index contributed by atoms with van der Waals surface area (Å²) < 4.78 is 39.5. The van der Waals surface area contributed by atoms with Crippen molar-refractivity contribution < 1.29 is 13.2 Å². The van der Waals surface area contributed by atoms with Crippen molar-refractivity contribution in [3.63, 3.8) is 0 Å². The Morgan fingerprint density at radius 1 is 1.25 bits per heavy atom. The maximum atomic E-state index is 12.7. The lowest BCUT2D eigenvalue weighted by molar-refractivity contribution is -0.144. The van der Waals surface area contributed by atoms with Gasteiger partial charge >= 0.3 is 6.18 Å².